The van der Waals surface area contributed by atoms with Crippen LogP contribution in [-0.4, -0.2) is 77.3 Å². The minimum absolute atomic E-state index is 0.139. The van der Waals surface area contributed by atoms with Gasteiger partial charge >= 0.3 is 0 Å². The van der Waals surface area contributed by atoms with Crippen LogP contribution >= 0.6 is 0 Å². The quantitative estimate of drug-likeness (QED) is 0.878. The molecule has 3 aliphatic rings. The van der Waals surface area contributed by atoms with E-state index in [1.807, 2.05) is 24.1 Å². The van der Waals surface area contributed by atoms with E-state index in [0.29, 0.717) is 18.4 Å². The molecule has 6 heteroatoms. The van der Waals surface area contributed by atoms with Gasteiger partial charge < -0.3 is 19.7 Å². The van der Waals surface area contributed by atoms with Crippen LogP contribution in [0.1, 0.15) is 48.2 Å². The summed E-state index contributed by atoms with van der Waals surface area (Å²) in [5.74, 6) is 0.470. The first-order valence-corrected chi connectivity index (χ1v) is 9.89. The molecule has 1 aromatic rings. The molecule has 142 valence electrons. The predicted octanol–water partition coefficient (Wildman–Crippen LogP) is 1.87. The summed E-state index contributed by atoms with van der Waals surface area (Å²) in [6, 6.07) is 2.26. The van der Waals surface area contributed by atoms with Crippen molar-refractivity contribution in [3.8, 4) is 0 Å². The highest BCUT2D eigenvalue weighted by Gasteiger charge is 2.44. The fraction of sp³-hybridized carbons (Fsp3) is 0.700. The van der Waals surface area contributed by atoms with Crippen LogP contribution in [0.25, 0.3) is 0 Å². The average Bonchev–Trinajstić information content (AvgIpc) is 3.26. The smallest absolute Gasteiger partial charge is 0.255 e. The van der Waals surface area contributed by atoms with Crippen molar-refractivity contribution in [3.05, 3.63) is 23.5 Å². The van der Waals surface area contributed by atoms with Crippen molar-refractivity contribution in [2.45, 2.75) is 45.1 Å². The van der Waals surface area contributed by atoms with Crippen LogP contribution in [0.5, 0.6) is 0 Å². The van der Waals surface area contributed by atoms with Crippen molar-refractivity contribution in [1.29, 1.82) is 0 Å². The van der Waals surface area contributed by atoms with Gasteiger partial charge in [0.05, 0.1) is 5.56 Å². The Bertz CT molecular complexity index is 690. The molecule has 4 rings (SSSR count). The topological polar surface area (TPSA) is 59.7 Å². The number of likely N-dealkylation sites (N-methyl/N-ethyl adjacent to an activating group) is 1. The molecule has 0 bridgehead atoms. The van der Waals surface area contributed by atoms with Crippen LogP contribution < -0.4 is 0 Å². The van der Waals surface area contributed by atoms with Crippen LogP contribution in [0.4, 0.5) is 0 Å². The van der Waals surface area contributed by atoms with Crippen LogP contribution in [0.15, 0.2) is 12.3 Å². The maximum absolute atomic E-state index is 12.8. The number of likely N-dealkylation sites (tertiary alicyclic amines) is 3. The summed E-state index contributed by atoms with van der Waals surface area (Å²) >= 11 is 0. The molecule has 0 aromatic carbocycles. The predicted molar refractivity (Wildman–Crippen MR) is 99.9 cm³/mol. The molecule has 6 nitrogen and oxygen atoms in total. The summed E-state index contributed by atoms with van der Waals surface area (Å²) in [6.07, 6.45) is 6.59. The molecular formula is C20H30N4O2. The van der Waals surface area contributed by atoms with Crippen molar-refractivity contribution in [3.63, 3.8) is 0 Å². The minimum Gasteiger partial charge on any atom is -0.365 e. The third-order valence-corrected chi connectivity index (χ3v) is 6.80. The zero-order valence-corrected chi connectivity index (χ0v) is 16.0. The number of hydrogen-bond donors (Lipinski definition) is 1. The fourth-order valence-electron chi connectivity index (χ4n) is 4.99. The minimum atomic E-state index is 0.139. The Labute approximate surface area is 155 Å². The average molecular weight is 358 g/mol. The van der Waals surface area contributed by atoms with Crippen LogP contribution in [0.3, 0.4) is 0 Å². The van der Waals surface area contributed by atoms with E-state index in [2.05, 4.69) is 21.8 Å². The van der Waals surface area contributed by atoms with E-state index in [-0.39, 0.29) is 11.3 Å². The molecule has 3 saturated heterocycles. The van der Waals surface area contributed by atoms with E-state index in [9.17, 15) is 9.59 Å². The third-order valence-electron chi connectivity index (χ3n) is 6.80. The molecule has 3 fully saturated rings. The number of piperidine rings is 2. The highest BCUT2D eigenvalue weighted by Crippen LogP contribution is 2.41. The summed E-state index contributed by atoms with van der Waals surface area (Å²) in [5.41, 5.74) is 1.93. The van der Waals surface area contributed by atoms with Gasteiger partial charge in [0.2, 0.25) is 5.91 Å². The number of rotatable bonds is 2. The van der Waals surface area contributed by atoms with E-state index in [1.165, 1.54) is 0 Å². The lowest BCUT2D eigenvalue weighted by Crippen LogP contribution is -2.55. The lowest BCUT2D eigenvalue weighted by molar-refractivity contribution is -0.141. The second-order valence-corrected chi connectivity index (χ2v) is 8.53. The number of H-pyrrole nitrogens is 1. The number of aromatic amines is 1. The largest absolute Gasteiger partial charge is 0.365 e. The van der Waals surface area contributed by atoms with Gasteiger partial charge in [-0.1, -0.05) is 0 Å². The summed E-state index contributed by atoms with van der Waals surface area (Å²) in [6.45, 7) is 6.52. The van der Waals surface area contributed by atoms with Gasteiger partial charge in [-0.25, -0.2) is 0 Å². The van der Waals surface area contributed by atoms with Gasteiger partial charge in [0, 0.05) is 50.5 Å². The van der Waals surface area contributed by atoms with E-state index in [0.717, 1.165) is 69.7 Å². The Kier molecular flexibility index (Phi) is 4.55. The van der Waals surface area contributed by atoms with Gasteiger partial charge in [-0.3, -0.25) is 9.59 Å². The van der Waals surface area contributed by atoms with E-state index >= 15 is 0 Å². The molecule has 0 radical (unpaired) electrons. The number of aryl methyl sites for hydroxylation is 1. The van der Waals surface area contributed by atoms with Gasteiger partial charge in [0.1, 0.15) is 0 Å². The van der Waals surface area contributed by atoms with E-state index in [1.54, 1.807) is 0 Å². The van der Waals surface area contributed by atoms with Crippen LogP contribution in [0.2, 0.25) is 0 Å². The van der Waals surface area contributed by atoms with Crippen molar-refractivity contribution in [1.82, 2.24) is 19.7 Å². The Morgan fingerprint density at radius 1 is 1.23 bits per heavy atom. The highest BCUT2D eigenvalue weighted by atomic mass is 16.2. The lowest BCUT2D eigenvalue weighted by Gasteiger charge is -2.49. The first-order valence-electron chi connectivity index (χ1n) is 9.89. The van der Waals surface area contributed by atoms with Gasteiger partial charge in [0.25, 0.3) is 5.91 Å². The third kappa shape index (κ3) is 3.15. The van der Waals surface area contributed by atoms with Gasteiger partial charge in [-0.2, -0.15) is 0 Å². The SMILES string of the molecule is Cc1[nH]ccc1C(=O)N1CCC2(CCC(=O)N([C@@H]3CCN(C)C3)C2)CC1. The van der Waals surface area contributed by atoms with Crippen molar-refractivity contribution in [2.24, 2.45) is 5.41 Å². The summed E-state index contributed by atoms with van der Waals surface area (Å²) in [7, 11) is 2.14. The number of nitrogens with zero attached hydrogens (tertiary/aromatic N) is 3. The van der Waals surface area contributed by atoms with Crippen molar-refractivity contribution < 1.29 is 9.59 Å². The monoisotopic (exact) mass is 358 g/mol. The molecule has 1 atom stereocenters. The summed E-state index contributed by atoms with van der Waals surface area (Å²) < 4.78 is 0. The molecular weight excluding hydrogens is 328 g/mol. The first kappa shape index (κ1) is 17.6. The number of carbonyl (C=O) groups excluding carboxylic acids is 2. The van der Waals surface area contributed by atoms with Crippen molar-refractivity contribution >= 4 is 11.8 Å². The van der Waals surface area contributed by atoms with Crippen molar-refractivity contribution in [2.75, 3.05) is 39.8 Å². The molecule has 1 N–H and O–H groups in total. The maximum atomic E-state index is 12.8. The number of amides is 2. The second kappa shape index (κ2) is 6.72. The lowest BCUT2D eigenvalue weighted by atomic mass is 9.72. The van der Waals surface area contributed by atoms with Gasteiger partial charge in [-0.05, 0) is 57.7 Å². The molecule has 0 aliphatic carbocycles. The number of nitrogens with one attached hydrogen (secondary N) is 1. The van der Waals surface area contributed by atoms with E-state index < -0.39 is 0 Å². The molecule has 26 heavy (non-hydrogen) atoms. The van der Waals surface area contributed by atoms with Crippen LogP contribution in [0, 0.1) is 12.3 Å². The standard InChI is InChI=1S/C20H30N4O2/c1-15-17(4-9-21-15)19(26)23-11-7-20(8-12-23)6-3-18(25)24(14-20)16-5-10-22(2)13-16/h4,9,16,21H,3,5-8,10-14H2,1-2H3/t16-/m1/s1. The molecule has 0 unspecified atom stereocenters. The van der Waals surface area contributed by atoms with E-state index in [4.69, 9.17) is 0 Å². The number of hydrogen-bond acceptors (Lipinski definition) is 3. The Morgan fingerprint density at radius 2 is 2.00 bits per heavy atom. The Morgan fingerprint density at radius 3 is 2.62 bits per heavy atom. The Balaban J connectivity index is 1.40. The summed E-state index contributed by atoms with van der Waals surface area (Å²) in [5, 5.41) is 0. The zero-order chi connectivity index (χ0) is 18.3. The molecule has 2 amide bonds. The normalized spacial score (nSPS) is 26.7. The second-order valence-electron chi connectivity index (χ2n) is 8.53. The first-order chi connectivity index (χ1) is 12.5. The number of aromatic nitrogens is 1. The van der Waals surface area contributed by atoms with Gasteiger partial charge in [0.15, 0.2) is 0 Å². The maximum Gasteiger partial charge on any atom is 0.255 e. The molecule has 0 saturated carbocycles. The molecule has 3 aliphatic heterocycles. The van der Waals surface area contributed by atoms with Gasteiger partial charge in [-0.15, -0.1) is 0 Å². The summed E-state index contributed by atoms with van der Waals surface area (Å²) in [4.78, 5) is 34.8. The fourth-order valence-corrected chi connectivity index (χ4v) is 4.99. The highest BCUT2D eigenvalue weighted by molar-refractivity contribution is 5.95. The number of carbonyl (C=O) groups is 2. The zero-order valence-electron chi connectivity index (χ0n) is 16.0. The molecule has 1 spiro atoms. The molecule has 1 aromatic heterocycles. The Hall–Kier alpha value is -1.82. The molecule has 4 heterocycles. The van der Waals surface area contributed by atoms with Crippen LogP contribution in [-0.2, 0) is 4.79 Å².